The van der Waals surface area contributed by atoms with E-state index < -0.39 is 10.0 Å². The smallest absolute Gasteiger partial charge is 0.246 e. The molecule has 2 aliphatic heterocycles. The summed E-state index contributed by atoms with van der Waals surface area (Å²) in [6.07, 6.45) is 4.39. The van der Waals surface area contributed by atoms with Crippen LogP contribution in [-0.4, -0.2) is 63.4 Å². The SMILES string of the molecule is COc1ccc(NC(=O)[C@H]2CCN(C)[C@@H](C)C2)cc1S(=O)(=O)N1CCCCC1. The van der Waals surface area contributed by atoms with Crippen LogP contribution in [0, 0.1) is 5.92 Å². The van der Waals surface area contributed by atoms with Gasteiger partial charge in [-0.3, -0.25) is 4.79 Å². The van der Waals surface area contributed by atoms with Gasteiger partial charge < -0.3 is 15.0 Å². The number of carbonyl (C=O) groups excluding carboxylic acids is 1. The van der Waals surface area contributed by atoms with Crippen LogP contribution in [0.2, 0.25) is 0 Å². The predicted octanol–water partition coefficient (Wildman–Crippen LogP) is 2.54. The molecule has 0 saturated carbocycles. The summed E-state index contributed by atoms with van der Waals surface area (Å²) in [5, 5.41) is 2.92. The molecule has 0 radical (unpaired) electrons. The average molecular weight is 410 g/mol. The second-order valence-electron chi connectivity index (χ2n) is 7.87. The van der Waals surface area contributed by atoms with E-state index in [0.29, 0.717) is 30.6 Å². The van der Waals surface area contributed by atoms with E-state index in [0.717, 1.165) is 38.6 Å². The lowest BCUT2D eigenvalue weighted by atomic mass is 9.91. The molecular weight excluding hydrogens is 378 g/mol. The van der Waals surface area contributed by atoms with Crippen LogP contribution in [0.15, 0.2) is 23.1 Å². The second-order valence-corrected chi connectivity index (χ2v) is 9.78. The molecule has 0 spiro atoms. The van der Waals surface area contributed by atoms with Crippen LogP contribution in [-0.2, 0) is 14.8 Å². The molecule has 2 heterocycles. The van der Waals surface area contributed by atoms with Gasteiger partial charge in [0.2, 0.25) is 15.9 Å². The van der Waals surface area contributed by atoms with Crippen molar-refractivity contribution in [2.45, 2.75) is 50.0 Å². The average Bonchev–Trinajstić information content (AvgIpc) is 2.70. The highest BCUT2D eigenvalue weighted by atomic mass is 32.2. The lowest BCUT2D eigenvalue weighted by Crippen LogP contribution is -2.41. The van der Waals surface area contributed by atoms with E-state index >= 15 is 0 Å². The van der Waals surface area contributed by atoms with Crippen molar-refractivity contribution in [1.82, 2.24) is 9.21 Å². The van der Waals surface area contributed by atoms with E-state index in [-0.39, 0.29) is 16.7 Å². The first-order valence-corrected chi connectivity index (χ1v) is 11.5. The monoisotopic (exact) mass is 409 g/mol. The van der Waals surface area contributed by atoms with Crippen LogP contribution in [0.3, 0.4) is 0 Å². The Labute approximate surface area is 168 Å². The molecule has 2 aliphatic rings. The first-order chi connectivity index (χ1) is 13.3. The van der Waals surface area contributed by atoms with Gasteiger partial charge in [0.25, 0.3) is 0 Å². The van der Waals surface area contributed by atoms with Gasteiger partial charge in [-0.15, -0.1) is 0 Å². The molecule has 0 bridgehead atoms. The summed E-state index contributed by atoms with van der Waals surface area (Å²) in [7, 11) is -0.123. The molecule has 0 unspecified atom stereocenters. The topological polar surface area (TPSA) is 79.0 Å². The Morgan fingerprint density at radius 3 is 2.54 bits per heavy atom. The number of benzene rings is 1. The van der Waals surface area contributed by atoms with Gasteiger partial charge in [0.15, 0.2) is 0 Å². The molecule has 2 atom stereocenters. The van der Waals surface area contributed by atoms with Crippen LogP contribution < -0.4 is 10.1 Å². The maximum absolute atomic E-state index is 13.1. The highest BCUT2D eigenvalue weighted by molar-refractivity contribution is 7.89. The summed E-state index contributed by atoms with van der Waals surface area (Å²) in [5.41, 5.74) is 0.493. The molecule has 7 nitrogen and oxygen atoms in total. The molecule has 2 saturated heterocycles. The van der Waals surface area contributed by atoms with Crippen LogP contribution in [0.25, 0.3) is 0 Å². The number of ether oxygens (including phenoxy) is 1. The van der Waals surface area contributed by atoms with Gasteiger partial charge in [0.1, 0.15) is 10.6 Å². The molecule has 1 N–H and O–H groups in total. The number of hydrogen-bond acceptors (Lipinski definition) is 5. The summed E-state index contributed by atoms with van der Waals surface area (Å²) in [6.45, 7) is 4.05. The van der Waals surface area contributed by atoms with E-state index in [2.05, 4.69) is 24.2 Å². The van der Waals surface area contributed by atoms with E-state index in [1.54, 1.807) is 12.1 Å². The van der Waals surface area contributed by atoms with Crippen molar-refractivity contribution in [3.63, 3.8) is 0 Å². The van der Waals surface area contributed by atoms with Crippen LogP contribution in [0.1, 0.15) is 39.0 Å². The molecule has 1 amide bonds. The van der Waals surface area contributed by atoms with Crippen molar-refractivity contribution < 1.29 is 17.9 Å². The Hall–Kier alpha value is -1.64. The predicted molar refractivity (Wildman–Crippen MR) is 109 cm³/mol. The fourth-order valence-electron chi connectivity index (χ4n) is 3.97. The Balaban J connectivity index is 1.80. The molecule has 3 rings (SSSR count). The van der Waals surface area contributed by atoms with Crippen LogP contribution >= 0.6 is 0 Å². The number of amides is 1. The third-order valence-corrected chi connectivity index (χ3v) is 7.86. The fourth-order valence-corrected chi connectivity index (χ4v) is 5.67. The van der Waals surface area contributed by atoms with Crippen molar-refractivity contribution in [3.05, 3.63) is 18.2 Å². The molecule has 2 fully saturated rings. The lowest BCUT2D eigenvalue weighted by Gasteiger charge is -2.34. The number of methoxy groups -OCH3 is 1. The van der Waals surface area contributed by atoms with Crippen LogP contribution in [0.4, 0.5) is 5.69 Å². The normalized spacial score (nSPS) is 24.7. The van der Waals surface area contributed by atoms with Crippen molar-refractivity contribution in [3.8, 4) is 5.75 Å². The zero-order valence-electron chi connectivity index (χ0n) is 17.0. The van der Waals surface area contributed by atoms with Gasteiger partial charge in [-0.05, 0) is 64.4 Å². The zero-order valence-corrected chi connectivity index (χ0v) is 17.8. The summed E-state index contributed by atoms with van der Waals surface area (Å²) in [4.78, 5) is 15.1. The number of nitrogens with zero attached hydrogens (tertiary/aromatic N) is 2. The number of likely N-dealkylation sites (tertiary alicyclic amines) is 1. The number of sulfonamides is 1. The minimum atomic E-state index is -3.65. The van der Waals surface area contributed by atoms with Gasteiger partial charge in [-0.25, -0.2) is 8.42 Å². The van der Waals surface area contributed by atoms with E-state index in [1.165, 1.54) is 17.5 Å². The number of nitrogens with one attached hydrogen (secondary N) is 1. The highest BCUT2D eigenvalue weighted by Crippen LogP contribution is 2.32. The number of rotatable bonds is 5. The molecule has 156 valence electrons. The van der Waals surface area contributed by atoms with Gasteiger partial charge in [0.05, 0.1) is 7.11 Å². The molecular formula is C20H31N3O4S. The number of piperidine rings is 2. The summed E-state index contributed by atoms with van der Waals surface area (Å²) < 4.78 is 33.0. The molecule has 0 aromatic heterocycles. The third kappa shape index (κ3) is 4.50. The molecule has 1 aromatic rings. The fraction of sp³-hybridized carbons (Fsp3) is 0.650. The minimum Gasteiger partial charge on any atom is -0.495 e. The van der Waals surface area contributed by atoms with E-state index in [4.69, 9.17) is 4.74 Å². The minimum absolute atomic E-state index is 0.0496. The number of hydrogen-bond donors (Lipinski definition) is 1. The van der Waals surface area contributed by atoms with Crippen LogP contribution in [0.5, 0.6) is 5.75 Å². The Morgan fingerprint density at radius 2 is 1.89 bits per heavy atom. The van der Waals surface area contributed by atoms with Gasteiger partial charge in [-0.1, -0.05) is 6.42 Å². The summed E-state index contributed by atoms with van der Waals surface area (Å²) in [5.74, 6) is 0.193. The maximum Gasteiger partial charge on any atom is 0.246 e. The summed E-state index contributed by atoms with van der Waals surface area (Å²) in [6, 6.07) is 5.20. The number of anilines is 1. The maximum atomic E-state index is 13.1. The van der Waals surface area contributed by atoms with Crippen molar-refractivity contribution in [2.24, 2.45) is 5.92 Å². The van der Waals surface area contributed by atoms with Gasteiger partial charge in [0, 0.05) is 30.7 Å². The lowest BCUT2D eigenvalue weighted by molar-refractivity contribution is -0.121. The quantitative estimate of drug-likeness (QED) is 0.809. The molecule has 28 heavy (non-hydrogen) atoms. The van der Waals surface area contributed by atoms with E-state index in [9.17, 15) is 13.2 Å². The Bertz CT molecular complexity index is 806. The molecule has 8 heteroatoms. The van der Waals surface area contributed by atoms with Crippen molar-refractivity contribution >= 4 is 21.6 Å². The Kier molecular flexibility index (Phi) is 6.62. The van der Waals surface area contributed by atoms with Gasteiger partial charge >= 0.3 is 0 Å². The van der Waals surface area contributed by atoms with E-state index in [1.807, 2.05) is 0 Å². The third-order valence-electron chi connectivity index (χ3n) is 5.94. The molecule has 1 aromatic carbocycles. The Morgan fingerprint density at radius 1 is 1.18 bits per heavy atom. The van der Waals surface area contributed by atoms with Gasteiger partial charge in [-0.2, -0.15) is 4.31 Å². The second kappa shape index (κ2) is 8.80. The summed E-state index contributed by atoms with van der Waals surface area (Å²) >= 11 is 0. The van der Waals surface area contributed by atoms with Crippen molar-refractivity contribution in [2.75, 3.05) is 39.1 Å². The first-order valence-electron chi connectivity index (χ1n) is 10.0. The largest absolute Gasteiger partial charge is 0.495 e. The van der Waals surface area contributed by atoms with Crippen molar-refractivity contribution in [1.29, 1.82) is 0 Å². The highest BCUT2D eigenvalue weighted by Gasteiger charge is 2.31. The number of carbonyl (C=O) groups is 1. The first kappa shape index (κ1) is 21.1. The molecule has 0 aliphatic carbocycles. The standard InChI is InChI=1S/C20H31N3O4S/c1-15-13-16(9-12-22(15)2)20(24)21-17-7-8-18(27-3)19(14-17)28(25,26)23-10-5-4-6-11-23/h7-8,14-16H,4-6,9-13H2,1-3H3,(H,21,24)/t15-,16-/m0/s1. The zero-order chi connectivity index (χ0) is 20.3.